The van der Waals surface area contributed by atoms with Gasteiger partial charge in [0.15, 0.2) is 0 Å². The van der Waals surface area contributed by atoms with Crippen molar-refractivity contribution in [1.29, 1.82) is 0 Å². The highest BCUT2D eigenvalue weighted by Gasteiger charge is 2.08. The second-order valence-electron chi connectivity index (χ2n) is 9.13. The normalized spacial score (nSPS) is 10.9. The maximum atomic E-state index is 2.26. The Morgan fingerprint density at radius 3 is 1.58 bits per heavy atom. The van der Waals surface area contributed by atoms with E-state index in [1.54, 1.807) is 0 Å². The first-order valence-electron chi connectivity index (χ1n) is 12.3. The SMILES string of the molecule is CN(c1ccc(-c2cccc(-c3ccccc3)c2)cc1)c1ccc(-c2cccc3ccccc23)cc1. The van der Waals surface area contributed by atoms with E-state index in [-0.39, 0.29) is 0 Å². The van der Waals surface area contributed by atoms with Gasteiger partial charge in [0.25, 0.3) is 0 Å². The van der Waals surface area contributed by atoms with E-state index in [0.29, 0.717) is 0 Å². The molecule has 1 nitrogen and oxygen atoms in total. The number of rotatable bonds is 5. The number of fused-ring (bicyclic) bond motifs is 1. The number of nitrogens with zero attached hydrogens (tertiary/aromatic N) is 1. The Labute approximate surface area is 212 Å². The van der Waals surface area contributed by atoms with Crippen molar-refractivity contribution < 1.29 is 0 Å². The van der Waals surface area contributed by atoms with Crippen molar-refractivity contribution in [3.63, 3.8) is 0 Å². The predicted octanol–water partition coefficient (Wildman–Crippen LogP) is 9.61. The Bertz CT molecular complexity index is 1610. The zero-order valence-corrected chi connectivity index (χ0v) is 20.3. The molecule has 6 rings (SSSR count). The second-order valence-corrected chi connectivity index (χ2v) is 9.13. The van der Waals surface area contributed by atoms with Gasteiger partial charge in [0, 0.05) is 18.4 Å². The van der Waals surface area contributed by atoms with E-state index in [1.807, 2.05) is 0 Å². The average Bonchev–Trinajstić information content (AvgIpc) is 2.97. The van der Waals surface area contributed by atoms with E-state index in [1.165, 1.54) is 44.2 Å². The summed E-state index contributed by atoms with van der Waals surface area (Å²) < 4.78 is 0. The molecule has 0 bridgehead atoms. The monoisotopic (exact) mass is 461 g/mol. The highest BCUT2D eigenvalue weighted by Crippen LogP contribution is 2.33. The van der Waals surface area contributed by atoms with Crippen molar-refractivity contribution in [2.75, 3.05) is 11.9 Å². The fourth-order valence-electron chi connectivity index (χ4n) is 4.88. The molecule has 0 spiro atoms. The molecule has 0 radical (unpaired) electrons. The van der Waals surface area contributed by atoms with Gasteiger partial charge in [-0.25, -0.2) is 0 Å². The molecule has 0 saturated carbocycles. The lowest BCUT2D eigenvalue weighted by molar-refractivity contribution is 1.21. The largest absolute Gasteiger partial charge is 0.345 e. The summed E-state index contributed by atoms with van der Waals surface area (Å²) in [5, 5.41) is 2.55. The van der Waals surface area contributed by atoms with Crippen LogP contribution in [0.3, 0.4) is 0 Å². The summed E-state index contributed by atoms with van der Waals surface area (Å²) in [5.74, 6) is 0. The van der Waals surface area contributed by atoms with Gasteiger partial charge in [-0.05, 0) is 74.5 Å². The number of benzene rings is 6. The van der Waals surface area contributed by atoms with Crippen molar-refractivity contribution in [3.05, 3.63) is 146 Å². The van der Waals surface area contributed by atoms with Gasteiger partial charge >= 0.3 is 0 Å². The van der Waals surface area contributed by atoms with E-state index >= 15 is 0 Å². The van der Waals surface area contributed by atoms with Gasteiger partial charge in [-0.15, -0.1) is 0 Å². The molecule has 0 heterocycles. The topological polar surface area (TPSA) is 3.24 Å². The molecular weight excluding hydrogens is 434 g/mol. The first kappa shape index (κ1) is 21.9. The van der Waals surface area contributed by atoms with Crippen LogP contribution < -0.4 is 4.90 Å². The van der Waals surface area contributed by atoms with Crippen LogP contribution in [0.5, 0.6) is 0 Å². The van der Waals surface area contributed by atoms with Gasteiger partial charge in [0.2, 0.25) is 0 Å². The summed E-state index contributed by atoms with van der Waals surface area (Å²) in [6, 6.07) is 52.0. The maximum Gasteiger partial charge on any atom is 0.0408 e. The van der Waals surface area contributed by atoms with Crippen LogP contribution in [0.25, 0.3) is 44.2 Å². The van der Waals surface area contributed by atoms with Gasteiger partial charge in [0.05, 0.1) is 0 Å². The smallest absolute Gasteiger partial charge is 0.0408 e. The minimum absolute atomic E-state index is 1.16. The summed E-state index contributed by atoms with van der Waals surface area (Å²) in [5.41, 5.74) is 9.75. The molecule has 6 aromatic rings. The predicted molar refractivity (Wildman–Crippen MR) is 155 cm³/mol. The van der Waals surface area contributed by atoms with Crippen LogP contribution in [-0.4, -0.2) is 7.05 Å². The van der Waals surface area contributed by atoms with Crippen molar-refractivity contribution in [3.8, 4) is 33.4 Å². The molecule has 0 N–H and O–H groups in total. The lowest BCUT2D eigenvalue weighted by Crippen LogP contribution is -2.08. The number of anilines is 2. The minimum Gasteiger partial charge on any atom is -0.345 e. The molecule has 0 fully saturated rings. The summed E-state index contributed by atoms with van der Waals surface area (Å²) >= 11 is 0. The highest BCUT2D eigenvalue weighted by atomic mass is 15.1. The zero-order valence-electron chi connectivity index (χ0n) is 20.3. The standard InChI is InChI=1S/C35H27N/c1-36(33-23-19-29(20-24-33)35-16-8-12-28-11-5-6-15-34(28)35)32-21-17-27(18-22-32)31-14-7-13-30(25-31)26-9-3-2-4-10-26/h2-25H,1H3. The molecule has 0 atom stereocenters. The van der Waals surface area contributed by atoms with Crippen molar-refractivity contribution in [2.24, 2.45) is 0 Å². The molecule has 172 valence electrons. The number of hydrogen-bond acceptors (Lipinski definition) is 1. The third-order valence-corrected chi connectivity index (χ3v) is 6.91. The first-order chi connectivity index (χ1) is 17.8. The van der Waals surface area contributed by atoms with Crippen LogP contribution in [0.4, 0.5) is 11.4 Å². The van der Waals surface area contributed by atoms with Gasteiger partial charge in [-0.3, -0.25) is 0 Å². The van der Waals surface area contributed by atoms with Gasteiger partial charge in [-0.2, -0.15) is 0 Å². The number of hydrogen-bond donors (Lipinski definition) is 0. The molecule has 0 amide bonds. The lowest BCUT2D eigenvalue weighted by atomic mass is 9.98. The Hall–Kier alpha value is -4.62. The molecular formula is C35H27N. The first-order valence-corrected chi connectivity index (χ1v) is 12.3. The second kappa shape index (κ2) is 9.56. The van der Waals surface area contributed by atoms with Crippen LogP contribution in [0.15, 0.2) is 146 Å². The fourth-order valence-corrected chi connectivity index (χ4v) is 4.88. The molecule has 0 aliphatic rings. The molecule has 0 aliphatic heterocycles. The molecule has 0 aliphatic carbocycles. The van der Waals surface area contributed by atoms with Crippen LogP contribution in [0, 0.1) is 0 Å². The summed E-state index contributed by atoms with van der Waals surface area (Å²) in [7, 11) is 2.12. The van der Waals surface area contributed by atoms with Gasteiger partial charge in [0.1, 0.15) is 0 Å². The minimum atomic E-state index is 1.16. The van der Waals surface area contributed by atoms with Crippen molar-refractivity contribution in [2.45, 2.75) is 0 Å². The van der Waals surface area contributed by atoms with E-state index in [2.05, 4.69) is 158 Å². The summed E-state index contributed by atoms with van der Waals surface area (Å²) in [6.45, 7) is 0. The molecule has 1 heteroatoms. The van der Waals surface area contributed by atoms with E-state index in [9.17, 15) is 0 Å². The quantitative estimate of drug-likeness (QED) is 0.247. The molecule has 0 saturated heterocycles. The molecule has 36 heavy (non-hydrogen) atoms. The van der Waals surface area contributed by atoms with Crippen LogP contribution in [0.1, 0.15) is 0 Å². The van der Waals surface area contributed by atoms with Gasteiger partial charge in [-0.1, -0.05) is 115 Å². The van der Waals surface area contributed by atoms with Crippen molar-refractivity contribution in [1.82, 2.24) is 0 Å². The Kier molecular flexibility index (Phi) is 5.81. The Morgan fingerprint density at radius 2 is 0.889 bits per heavy atom. The molecule has 0 aromatic heterocycles. The lowest BCUT2D eigenvalue weighted by Gasteiger charge is -2.20. The van der Waals surface area contributed by atoms with E-state index < -0.39 is 0 Å². The Morgan fingerprint density at radius 1 is 0.389 bits per heavy atom. The maximum absolute atomic E-state index is 2.26. The molecule has 0 unspecified atom stereocenters. The third-order valence-electron chi connectivity index (χ3n) is 6.91. The van der Waals surface area contributed by atoms with E-state index in [4.69, 9.17) is 0 Å². The molecule has 6 aromatic carbocycles. The summed E-state index contributed by atoms with van der Waals surface area (Å²) in [6.07, 6.45) is 0. The average molecular weight is 462 g/mol. The van der Waals surface area contributed by atoms with Crippen molar-refractivity contribution >= 4 is 22.1 Å². The van der Waals surface area contributed by atoms with E-state index in [0.717, 1.165) is 11.4 Å². The third kappa shape index (κ3) is 4.28. The van der Waals surface area contributed by atoms with Crippen LogP contribution in [0.2, 0.25) is 0 Å². The Balaban J connectivity index is 1.24. The fraction of sp³-hybridized carbons (Fsp3) is 0.0286. The summed E-state index contributed by atoms with van der Waals surface area (Å²) in [4.78, 5) is 2.23. The van der Waals surface area contributed by atoms with Crippen LogP contribution in [-0.2, 0) is 0 Å². The highest BCUT2D eigenvalue weighted by molar-refractivity contribution is 5.96. The van der Waals surface area contributed by atoms with Gasteiger partial charge < -0.3 is 4.90 Å². The zero-order chi connectivity index (χ0) is 24.3. The van der Waals surface area contributed by atoms with Crippen LogP contribution >= 0.6 is 0 Å².